The van der Waals surface area contributed by atoms with Gasteiger partial charge in [-0.1, -0.05) is 19.1 Å². The lowest BCUT2D eigenvalue weighted by atomic mass is 9.96. The van der Waals surface area contributed by atoms with Gasteiger partial charge >= 0.3 is 6.11 Å². The third-order valence-corrected chi connectivity index (χ3v) is 7.09. The lowest BCUT2D eigenvalue weighted by Crippen LogP contribution is -2.23. The molecule has 2 unspecified atom stereocenters. The monoisotopic (exact) mass is 523 g/mol. The molecule has 1 aromatic heterocycles. The third-order valence-electron chi connectivity index (χ3n) is 6.02. The number of halogens is 6. The van der Waals surface area contributed by atoms with E-state index >= 15 is 0 Å². The smallest absolute Gasteiger partial charge is 0.429 e. The van der Waals surface area contributed by atoms with Crippen molar-refractivity contribution < 1.29 is 35.8 Å². The van der Waals surface area contributed by atoms with Crippen molar-refractivity contribution in [3.63, 3.8) is 0 Å². The molecular formula is C26H19F6NO2S. The van der Waals surface area contributed by atoms with Gasteiger partial charge in [-0.2, -0.15) is 8.78 Å². The van der Waals surface area contributed by atoms with Gasteiger partial charge < -0.3 is 9.47 Å². The Hall–Kier alpha value is -3.11. The van der Waals surface area contributed by atoms with Gasteiger partial charge in [-0.05, 0) is 48.6 Å². The quantitative estimate of drug-likeness (QED) is 0.196. The van der Waals surface area contributed by atoms with Gasteiger partial charge in [0, 0.05) is 24.3 Å². The van der Waals surface area contributed by atoms with Gasteiger partial charge in [0.2, 0.25) is 0 Å². The van der Waals surface area contributed by atoms with Gasteiger partial charge in [0.05, 0.1) is 21.9 Å². The van der Waals surface area contributed by atoms with Gasteiger partial charge in [-0.25, -0.2) is 22.5 Å². The van der Waals surface area contributed by atoms with Crippen molar-refractivity contribution in [2.75, 3.05) is 6.61 Å². The Morgan fingerprint density at radius 3 is 2.36 bits per heavy atom. The maximum Gasteiger partial charge on any atom is 0.429 e. The standard InChI is InChI=1S/C26H19F6NO2S/c1-13-2-7-22(34-12-13)14-4-6-21-23(9-14)36-25(33-21)15-3-5-17(18(27)8-15)26(31,32)35-16-10-19(28)24(30)20(29)11-16/h3-6,8-11,13,22H,2,7,12H2,1H3. The Bertz CT molecular complexity index is 1410. The Balaban J connectivity index is 1.39. The average Bonchev–Trinajstić information content (AvgIpc) is 3.26. The van der Waals surface area contributed by atoms with Crippen LogP contribution in [0.25, 0.3) is 20.8 Å². The first-order valence-electron chi connectivity index (χ1n) is 11.1. The molecule has 0 spiro atoms. The second kappa shape index (κ2) is 9.40. The second-order valence-electron chi connectivity index (χ2n) is 8.77. The first kappa shape index (κ1) is 24.6. The van der Waals surface area contributed by atoms with E-state index in [0.29, 0.717) is 23.0 Å². The topological polar surface area (TPSA) is 31.4 Å². The number of alkyl halides is 2. The summed E-state index contributed by atoms with van der Waals surface area (Å²) in [6, 6.07) is 9.24. The van der Waals surface area contributed by atoms with Gasteiger partial charge in [0.25, 0.3) is 0 Å². The molecular weight excluding hydrogens is 504 g/mol. The lowest BCUT2D eigenvalue weighted by molar-refractivity contribution is -0.187. The predicted octanol–water partition coefficient (Wildman–Crippen LogP) is 8.14. The first-order chi connectivity index (χ1) is 17.1. The van der Waals surface area contributed by atoms with Crippen molar-refractivity contribution in [2.45, 2.75) is 32.0 Å². The molecule has 1 saturated heterocycles. The zero-order valence-corrected chi connectivity index (χ0v) is 19.7. The summed E-state index contributed by atoms with van der Waals surface area (Å²) in [5, 5.41) is 0.428. The zero-order chi connectivity index (χ0) is 25.6. The Kier molecular flexibility index (Phi) is 6.42. The number of benzene rings is 3. The van der Waals surface area contributed by atoms with Crippen LogP contribution in [0.15, 0.2) is 48.5 Å². The second-order valence-corrected chi connectivity index (χ2v) is 9.80. The summed E-state index contributed by atoms with van der Waals surface area (Å²) in [6.45, 7) is 2.84. The van der Waals surface area contributed by atoms with Crippen LogP contribution >= 0.6 is 11.3 Å². The van der Waals surface area contributed by atoms with Crippen LogP contribution in [0, 0.1) is 29.2 Å². The fourth-order valence-corrected chi connectivity index (χ4v) is 5.10. The van der Waals surface area contributed by atoms with E-state index in [1.54, 1.807) is 0 Å². The van der Waals surface area contributed by atoms with Crippen LogP contribution in [-0.2, 0) is 10.8 Å². The molecule has 0 N–H and O–H groups in total. The first-order valence-corrected chi connectivity index (χ1v) is 12.0. The molecule has 5 rings (SSSR count). The molecule has 0 bridgehead atoms. The molecule has 1 aliphatic heterocycles. The van der Waals surface area contributed by atoms with Gasteiger partial charge in [0.1, 0.15) is 16.6 Å². The van der Waals surface area contributed by atoms with Gasteiger partial charge in [-0.3, -0.25) is 0 Å². The summed E-state index contributed by atoms with van der Waals surface area (Å²) >= 11 is 1.29. The number of rotatable bonds is 5. The molecule has 0 aliphatic carbocycles. The number of hydrogen-bond donors (Lipinski definition) is 0. The fraction of sp³-hybridized carbons (Fsp3) is 0.269. The number of hydrogen-bond acceptors (Lipinski definition) is 4. The van der Waals surface area contributed by atoms with E-state index < -0.39 is 40.7 Å². The molecule has 3 nitrogen and oxygen atoms in total. The Labute approximate surface area is 206 Å². The maximum atomic E-state index is 14.7. The summed E-state index contributed by atoms with van der Waals surface area (Å²) in [4.78, 5) is 4.48. The molecule has 0 amide bonds. The molecule has 188 valence electrons. The van der Waals surface area contributed by atoms with E-state index in [1.165, 1.54) is 17.4 Å². The number of ether oxygens (including phenoxy) is 2. The third kappa shape index (κ3) is 4.79. The van der Waals surface area contributed by atoms with Crippen LogP contribution in [0.4, 0.5) is 26.3 Å². The van der Waals surface area contributed by atoms with E-state index in [-0.39, 0.29) is 23.8 Å². The highest BCUT2D eigenvalue weighted by atomic mass is 32.1. The Morgan fingerprint density at radius 2 is 1.69 bits per heavy atom. The molecule has 3 aromatic carbocycles. The van der Waals surface area contributed by atoms with Gasteiger partial charge in [0.15, 0.2) is 17.5 Å². The number of aromatic nitrogens is 1. The van der Waals surface area contributed by atoms with Crippen LogP contribution in [0.1, 0.15) is 37.0 Å². The predicted molar refractivity (Wildman–Crippen MR) is 123 cm³/mol. The molecule has 1 aliphatic rings. The van der Waals surface area contributed by atoms with Crippen molar-refractivity contribution in [3.8, 4) is 16.3 Å². The zero-order valence-electron chi connectivity index (χ0n) is 18.8. The minimum Gasteiger partial charge on any atom is -0.429 e. The van der Waals surface area contributed by atoms with Crippen LogP contribution in [0.3, 0.4) is 0 Å². The van der Waals surface area contributed by atoms with E-state index in [0.717, 1.165) is 35.2 Å². The van der Waals surface area contributed by atoms with E-state index in [9.17, 15) is 26.3 Å². The van der Waals surface area contributed by atoms with Crippen molar-refractivity contribution >= 4 is 21.6 Å². The summed E-state index contributed by atoms with van der Waals surface area (Å²) in [7, 11) is 0. The molecule has 10 heteroatoms. The van der Waals surface area contributed by atoms with E-state index in [2.05, 4.69) is 16.6 Å². The van der Waals surface area contributed by atoms with Crippen LogP contribution in [-0.4, -0.2) is 11.6 Å². The minimum atomic E-state index is -4.28. The normalized spacial score (nSPS) is 18.5. The molecule has 1 fully saturated rings. The summed E-state index contributed by atoms with van der Waals surface area (Å²) in [6.07, 6.45) is -2.29. The SMILES string of the molecule is CC1CCC(c2ccc3nc(-c4ccc(C(F)(F)Oc5cc(F)c(F)c(F)c5)c(F)c4)sc3c2)OC1. The highest BCUT2D eigenvalue weighted by molar-refractivity contribution is 7.21. The average molecular weight is 523 g/mol. The van der Waals surface area contributed by atoms with Crippen molar-refractivity contribution in [2.24, 2.45) is 5.92 Å². The minimum absolute atomic E-state index is 0.00170. The number of nitrogens with zero attached hydrogens (tertiary/aromatic N) is 1. The maximum absolute atomic E-state index is 14.7. The number of thiazole rings is 1. The molecule has 0 radical (unpaired) electrons. The van der Waals surface area contributed by atoms with Crippen molar-refractivity contribution in [1.29, 1.82) is 0 Å². The molecule has 0 saturated carbocycles. The van der Waals surface area contributed by atoms with Crippen LogP contribution in [0.5, 0.6) is 5.75 Å². The molecule has 2 heterocycles. The molecule has 4 aromatic rings. The lowest BCUT2D eigenvalue weighted by Gasteiger charge is -2.27. The van der Waals surface area contributed by atoms with E-state index in [4.69, 9.17) is 4.74 Å². The Morgan fingerprint density at radius 1 is 0.944 bits per heavy atom. The van der Waals surface area contributed by atoms with Crippen LogP contribution < -0.4 is 4.74 Å². The van der Waals surface area contributed by atoms with Crippen molar-refractivity contribution in [1.82, 2.24) is 4.98 Å². The highest BCUT2D eigenvalue weighted by Crippen LogP contribution is 2.38. The highest BCUT2D eigenvalue weighted by Gasteiger charge is 2.38. The van der Waals surface area contributed by atoms with E-state index in [1.807, 2.05) is 18.2 Å². The molecule has 2 atom stereocenters. The summed E-state index contributed by atoms with van der Waals surface area (Å²) in [5.74, 6) is -7.01. The number of fused-ring (bicyclic) bond motifs is 1. The summed E-state index contributed by atoms with van der Waals surface area (Å²) < 4.78 is 94.8. The molecule has 36 heavy (non-hydrogen) atoms. The van der Waals surface area contributed by atoms with Crippen LogP contribution in [0.2, 0.25) is 0 Å². The largest absolute Gasteiger partial charge is 0.429 e. The van der Waals surface area contributed by atoms with Gasteiger partial charge in [-0.15, -0.1) is 11.3 Å². The fourth-order valence-electron chi connectivity index (χ4n) is 4.09. The summed E-state index contributed by atoms with van der Waals surface area (Å²) in [5.41, 5.74) is 0.831. The van der Waals surface area contributed by atoms with Crippen molar-refractivity contribution in [3.05, 3.63) is 82.9 Å².